The van der Waals surface area contributed by atoms with Crippen LogP contribution >= 0.6 is 0 Å². The maximum atomic E-state index is 12.9. The predicted molar refractivity (Wildman–Crippen MR) is 71.3 cm³/mol. The number of aliphatic carboxylic acids is 1. The third kappa shape index (κ3) is 2.68. The van der Waals surface area contributed by atoms with E-state index in [2.05, 4.69) is 5.10 Å². The zero-order valence-corrected chi connectivity index (χ0v) is 12.4. The van der Waals surface area contributed by atoms with Crippen LogP contribution in [-0.2, 0) is 29.2 Å². The topological polar surface area (TPSA) is 75.4 Å². The summed E-state index contributed by atoms with van der Waals surface area (Å²) in [5.74, 6) is -2.03. The molecule has 2 saturated heterocycles. The maximum Gasteiger partial charge on any atom is 0.435 e. The second kappa shape index (κ2) is 5.24. The van der Waals surface area contributed by atoms with Crippen LogP contribution in [0.25, 0.3) is 0 Å². The first-order valence-corrected chi connectivity index (χ1v) is 7.32. The van der Waals surface area contributed by atoms with Gasteiger partial charge in [0.15, 0.2) is 5.69 Å². The van der Waals surface area contributed by atoms with Crippen molar-refractivity contribution >= 4 is 11.9 Å². The van der Waals surface area contributed by atoms with E-state index >= 15 is 0 Å². The van der Waals surface area contributed by atoms with E-state index in [0.717, 1.165) is 4.68 Å². The minimum Gasteiger partial charge on any atom is -0.481 e. The largest absolute Gasteiger partial charge is 0.481 e. The van der Waals surface area contributed by atoms with Gasteiger partial charge in [-0.05, 0) is 19.3 Å². The van der Waals surface area contributed by atoms with Crippen molar-refractivity contribution in [1.82, 2.24) is 14.7 Å². The van der Waals surface area contributed by atoms with Crippen LogP contribution in [0.15, 0.2) is 6.20 Å². The molecule has 3 atom stereocenters. The molecule has 2 aliphatic rings. The number of hydrogen-bond donors (Lipinski definition) is 1. The molecule has 6 nitrogen and oxygen atoms in total. The van der Waals surface area contributed by atoms with E-state index in [1.807, 2.05) is 0 Å². The number of nitrogens with zero attached hydrogens (tertiary/aromatic N) is 3. The molecule has 23 heavy (non-hydrogen) atoms. The number of carboxylic acid groups (broad SMARTS) is 1. The highest BCUT2D eigenvalue weighted by Gasteiger charge is 2.51. The molecule has 3 unspecified atom stereocenters. The Balaban J connectivity index is 1.80. The Labute approximate surface area is 129 Å². The number of hydrogen-bond acceptors (Lipinski definition) is 3. The lowest BCUT2D eigenvalue weighted by molar-refractivity contribution is -0.143. The third-order valence-electron chi connectivity index (χ3n) is 4.66. The summed E-state index contributed by atoms with van der Waals surface area (Å²) in [6, 6.07) is -0.587. The van der Waals surface area contributed by atoms with Crippen molar-refractivity contribution in [3.8, 4) is 0 Å². The van der Waals surface area contributed by atoms with Crippen molar-refractivity contribution in [1.29, 1.82) is 0 Å². The van der Waals surface area contributed by atoms with Crippen LogP contribution in [0.1, 0.15) is 30.5 Å². The van der Waals surface area contributed by atoms with Crippen molar-refractivity contribution in [3.63, 3.8) is 0 Å². The van der Waals surface area contributed by atoms with Crippen molar-refractivity contribution in [2.24, 2.45) is 13.0 Å². The van der Waals surface area contributed by atoms with E-state index in [0.29, 0.717) is 19.3 Å². The summed E-state index contributed by atoms with van der Waals surface area (Å²) in [5.41, 5.74) is -1.24. The minimum atomic E-state index is -4.62. The van der Waals surface area contributed by atoms with Crippen LogP contribution in [0.4, 0.5) is 13.2 Å². The number of carbonyl (C=O) groups is 2. The molecule has 1 N–H and O–H groups in total. The zero-order valence-electron chi connectivity index (χ0n) is 12.4. The summed E-state index contributed by atoms with van der Waals surface area (Å²) < 4.78 is 39.9. The molecule has 9 heteroatoms. The first-order chi connectivity index (χ1) is 10.7. The monoisotopic (exact) mass is 331 g/mol. The Morgan fingerprint density at radius 3 is 2.65 bits per heavy atom. The molecule has 126 valence electrons. The first-order valence-electron chi connectivity index (χ1n) is 7.32. The molecule has 2 bridgehead atoms. The van der Waals surface area contributed by atoms with Gasteiger partial charge in [0.2, 0.25) is 5.91 Å². The first kappa shape index (κ1) is 15.8. The van der Waals surface area contributed by atoms with Gasteiger partial charge in [-0.3, -0.25) is 14.3 Å². The Morgan fingerprint density at radius 1 is 1.39 bits per heavy atom. The van der Waals surface area contributed by atoms with Gasteiger partial charge in [0.1, 0.15) is 0 Å². The Morgan fingerprint density at radius 2 is 2.09 bits per heavy atom. The molecule has 0 radical (unpaired) electrons. The number of carboxylic acids is 1. The molecule has 3 rings (SSSR count). The molecule has 0 saturated carbocycles. The highest BCUT2D eigenvalue weighted by molar-refractivity contribution is 5.82. The van der Waals surface area contributed by atoms with Gasteiger partial charge in [-0.25, -0.2) is 0 Å². The maximum absolute atomic E-state index is 12.9. The molecule has 0 aromatic carbocycles. The second-order valence-corrected chi connectivity index (χ2v) is 6.13. The highest BCUT2D eigenvalue weighted by Crippen LogP contribution is 2.42. The van der Waals surface area contributed by atoms with Crippen LogP contribution in [0.5, 0.6) is 0 Å². The Kier molecular flexibility index (Phi) is 3.61. The lowest BCUT2D eigenvalue weighted by atomic mass is 9.89. The van der Waals surface area contributed by atoms with Gasteiger partial charge in [0.05, 0.1) is 12.3 Å². The van der Waals surface area contributed by atoms with E-state index in [1.54, 1.807) is 0 Å². The van der Waals surface area contributed by atoms with Crippen molar-refractivity contribution < 1.29 is 27.9 Å². The van der Waals surface area contributed by atoms with Crippen LogP contribution in [-0.4, -0.2) is 43.7 Å². The van der Waals surface area contributed by atoms with Crippen molar-refractivity contribution in [2.75, 3.05) is 0 Å². The number of aryl methyl sites for hydroxylation is 1. The minimum absolute atomic E-state index is 0.178. The van der Waals surface area contributed by atoms with Crippen molar-refractivity contribution in [2.45, 2.75) is 43.9 Å². The predicted octanol–water partition coefficient (Wildman–Crippen LogP) is 1.45. The van der Waals surface area contributed by atoms with Crippen LogP contribution in [0.2, 0.25) is 0 Å². The van der Waals surface area contributed by atoms with E-state index < -0.39 is 42.1 Å². The standard InChI is InChI=1S/C14H16F3N3O3/c1-19-6-7(12(18-19)14(15,16)17)4-11(21)20-8-2-3-10(20)9(5-8)13(22)23/h6,8-10H,2-5H2,1H3,(H,22,23). The Hall–Kier alpha value is -2.06. The lowest BCUT2D eigenvalue weighted by Crippen LogP contribution is -2.39. The van der Waals surface area contributed by atoms with Gasteiger partial charge in [0, 0.05) is 30.9 Å². The molecule has 1 aromatic rings. The summed E-state index contributed by atoms with van der Waals surface area (Å²) in [6.45, 7) is 0. The number of alkyl halides is 3. The lowest BCUT2D eigenvalue weighted by Gasteiger charge is -2.23. The van der Waals surface area contributed by atoms with Gasteiger partial charge in [-0.15, -0.1) is 0 Å². The normalized spacial score (nSPS) is 26.8. The summed E-state index contributed by atoms with van der Waals surface area (Å²) >= 11 is 0. The molecule has 1 aromatic heterocycles. The number of amides is 1. The van der Waals surface area contributed by atoms with Gasteiger partial charge < -0.3 is 10.0 Å². The van der Waals surface area contributed by atoms with E-state index in [4.69, 9.17) is 0 Å². The zero-order chi connectivity index (χ0) is 16.9. The molecule has 0 spiro atoms. The fraction of sp³-hybridized carbons (Fsp3) is 0.643. The summed E-state index contributed by atoms with van der Waals surface area (Å²) in [6.07, 6.45) is -2.17. The van der Waals surface area contributed by atoms with Gasteiger partial charge >= 0.3 is 12.1 Å². The molecule has 2 aliphatic heterocycles. The van der Waals surface area contributed by atoms with Gasteiger partial charge in [0.25, 0.3) is 0 Å². The quantitative estimate of drug-likeness (QED) is 0.909. The van der Waals surface area contributed by atoms with E-state index in [9.17, 15) is 27.9 Å². The van der Waals surface area contributed by atoms with Crippen LogP contribution in [0.3, 0.4) is 0 Å². The number of fused-ring (bicyclic) bond motifs is 2. The molecule has 0 aliphatic carbocycles. The molecule has 3 heterocycles. The van der Waals surface area contributed by atoms with Crippen LogP contribution < -0.4 is 0 Å². The average molecular weight is 331 g/mol. The summed E-state index contributed by atoms with van der Waals surface area (Å²) in [7, 11) is 1.36. The van der Waals surface area contributed by atoms with Gasteiger partial charge in [-0.1, -0.05) is 0 Å². The third-order valence-corrected chi connectivity index (χ3v) is 4.66. The average Bonchev–Trinajstić information content (AvgIpc) is 3.09. The van der Waals surface area contributed by atoms with E-state index in [-0.39, 0.29) is 11.6 Å². The fourth-order valence-corrected chi connectivity index (χ4v) is 3.80. The molecular weight excluding hydrogens is 315 g/mol. The molecule has 2 fully saturated rings. The summed E-state index contributed by atoms with van der Waals surface area (Å²) in [5, 5.41) is 12.6. The Bertz CT molecular complexity index is 655. The smallest absolute Gasteiger partial charge is 0.435 e. The number of rotatable bonds is 3. The molecule has 1 amide bonds. The number of halogens is 3. The highest BCUT2D eigenvalue weighted by atomic mass is 19.4. The molecular formula is C14H16F3N3O3. The SMILES string of the molecule is Cn1cc(CC(=O)N2C3CCC2C(C(=O)O)C3)c(C(F)(F)F)n1. The van der Waals surface area contributed by atoms with Crippen molar-refractivity contribution in [3.05, 3.63) is 17.5 Å². The number of carbonyl (C=O) groups excluding carboxylic acids is 1. The van der Waals surface area contributed by atoms with E-state index in [1.165, 1.54) is 18.1 Å². The fourth-order valence-electron chi connectivity index (χ4n) is 3.80. The second-order valence-electron chi connectivity index (χ2n) is 6.13. The van der Waals surface area contributed by atoms with Crippen LogP contribution in [0, 0.1) is 5.92 Å². The number of aromatic nitrogens is 2. The van der Waals surface area contributed by atoms with Gasteiger partial charge in [-0.2, -0.15) is 18.3 Å². The summed E-state index contributed by atoms with van der Waals surface area (Å²) in [4.78, 5) is 25.1.